The highest BCUT2D eigenvalue weighted by molar-refractivity contribution is 7.17. The minimum atomic E-state index is -0.713. The molecule has 0 atom stereocenters. The van der Waals surface area contributed by atoms with E-state index in [2.05, 4.69) is 4.98 Å². The zero-order valence-corrected chi connectivity index (χ0v) is 13.9. The van der Waals surface area contributed by atoms with Crippen LogP contribution in [0, 0.1) is 25.2 Å². The maximum Gasteiger partial charge on any atom is 0.345 e. The van der Waals surface area contributed by atoms with Crippen LogP contribution in [0.2, 0.25) is 0 Å². The quantitative estimate of drug-likeness (QED) is 0.685. The molecule has 1 aromatic carbocycles. The van der Waals surface area contributed by atoms with Crippen molar-refractivity contribution in [2.45, 2.75) is 20.5 Å². The van der Waals surface area contributed by atoms with E-state index in [1.807, 2.05) is 19.9 Å². The number of benzene rings is 1. The summed E-state index contributed by atoms with van der Waals surface area (Å²) in [6.07, 6.45) is 1.26. The van der Waals surface area contributed by atoms with E-state index in [9.17, 15) is 9.59 Å². The number of carbonyl (C=O) groups excluding carboxylic acids is 1. The predicted molar refractivity (Wildman–Crippen MR) is 89.1 cm³/mol. The first-order valence-electron chi connectivity index (χ1n) is 7.15. The summed E-state index contributed by atoms with van der Waals surface area (Å²) in [6, 6.07) is 8.70. The van der Waals surface area contributed by atoms with Crippen LogP contribution >= 0.6 is 11.3 Å². The molecule has 2 heterocycles. The number of aryl methyl sites for hydroxylation is 2. The molecule has 0 aliphatic heterocycles. The molecule has 3 aromatic rings. The van der Waals surface area contributed by atoms with Gasteiger partial charge in [0.2, 0.25) is 0 Å². The third-order valence-electron chi connectivity index (χ3n) is 3.69. The first-order valence-corrected chi connectivity index (χ1v) is 7.97. The Morgan fingerprint density at radius 3 is 2.71 bits per heavy atom. The van der Waals surface area contributed by atoms with Crippen LogP contribution in [-0.2, 0) is 11.3 Å². The van der Waals surface area contributed by atoms with Crippen molar-refractivity contribution in [3.63, 3.8) is 0 Å². The van der Waals surface area contributed by atoms with Crippen molar-refractivity contribution in [1.82, 2.24) is 9.38 Å². The number of hydrogen-bond donors (Lipinski definition) is 0. The van der Waals surface area contributed by atoms with Crippen LogP contribution in [0.5, 0.6) is 0 Å². The van der Waals surface area contributed by atoms with Crippen molar-refractivity contribution in [1.29, 1.82) is 5.26 Å². The van der Waals surface area contributed by atoms with Crippen molar-refractivity contribution in [2.75, 3.05) is 0 Å². The number of carbonyl (C=O) groups is 1. The first-order chi connectivity index (χ1) is 11.5. The second-order valence-corrected chi connectivity index (χ2v) is 6.41. The molecule has 0 aliphatic carbocycles. The highest BCUT2D eigenvalue weighted by Gasteiger charge is 2.17. The van der Waals surface area contributed by atoms with Crippen LogP contribution in [0.4, 0.5) is 0 Å². The molecule has 0 N–H and O–H groups in total. The Morgan fingerprint density at radius 1 is 1.33 bits per heavy atom. The van der Waals surface area contributed by atoms with Crippen molar-refractivity contribution in [3.05, 3.63) is 68.1 Å². The highest BCUT2D eigenvalue weighted by Crippen LogP contribution is 2.18. The van der Waals surface area contributed by atoms with Crippen LogP contribution in [0.25, 0.3) is 4.96 Å². The fraction of sp³-hybridized carbons (Fsp3) is 0.176. The Hall–Kier alpha value is -2.98. The topological polar surface area (TPSA) is 84.5 Å². The summed E-state index contributed by atoms with van der Waals surface area (Å²) in [6.45, 7) is 3.74. The Morgan fingerprint density at radius 2 is 2.04 bits per heavy atom. The lowest BCUT2D eigenvalue weighted by molar-refractivity contribution is 0.0470. The maximum atomic E-state index is 12.5. The monoisotopic (exact) mass is 339 g/mol. The lowest BCUT2D eigenvalue weighted by Gasteiger charge is -2.05. The summed E-state index contributed by atoms with van der Waals surface area (Å²) in [5, 5.41) is 8.76. The van der Waals surface area contributed by atoms with Crippen LogP contribution in [-0.4, -0.2) is 15.4 Å². The van der Waals surface area contributed by atoms with Gasteiger partial charge in [-0.05, 0) is 31.5 Å². The summed E-state index contributed by atoms with van der Waals surface area (Å²) in [4.78, 5) is 30.4. The molecule has 0 unspecified atom stereocenters. The molecule has 7 heteroatoms. The number of fused-ring (bicyclic) bond motifs is 1. The van der Waals surface area contributed by atoms with Gasteiger partial charge in [-0.1, -0.05) is 12.1 Å². The number of aromatic nitrogens is 2. The molecular weight excluding hydrogens is 326 g/mol. The lowest BCUT2D eigenvalue weighted by atomic mass is 10.2. The zero-order valence-electron chi connectivity index (χ0n) is 13.1. The molecule has 0 bridgehead atoms. The second kappa shape index (κ2) is 6.26. The summed E-state index contributed by atoms with van der Waals surface area (Å²) in [5.41, 5.74) is 1.52. The zero-order chi connectivity index (χ0) is 17.3. The highest BCUT2D eigenvalue weighted by atomic mass is 32.1. The Balaban J connectivity index is 1.83. The van der Waals surface area contributed by atoms with Crippen LogP contribution in [0.3, 0.4) is 0 Å². The smallest absolute Gasteiger partial charge is 0.345 e. The van der Waals surface area contributed by atoms with E-state index < -0.39 is 11.5 Å². The fourth-order valence-electron chi connectivity index (χ4n) is 2.22. The number of esters is 1. The second-order valence-electron chi connectivity index (χ2n) is 5.22. The molecule has 0 saturated heterocycles. The van der Waals surface area contributed by atoms with Crippen LogP contribution < -0.4 is 5.56 Å². The largest absolute Gasteiger partial charge is 0.457 e. The lowest BCUT2D eigenvalue weighted by Crippen LogP contribution is -2.24. The molecule has 2 aromatic heterocycles. The van der Waals surface area contributed by atoms with Gasteiger partial charge in [0.25, 0.3) is 5.56 Å². The molecule has 120 valence electrons. The van der Waals surface area contributed by atoms with Gasteiger partial charge in [0, 0.05) is 10.6 Å². The normalized spacial score (nSPS) is 10.5. The van der Waals surface area contributed by atoms with Gasteiger partial charge in [-0.25, -0.2) is 9.78 Å². The fourth-order valence-corrected chi connectivity index (χ4v) is 3.15. The molecule has 0 saturated carbocycles. The van der Waals surface area contributed by atoms with E-state index in [0.717, 1.165) is 16.1 Å². The van der Waals surface area contributed by atoms with E-state index in [0.29, 0.717) is 10.5 Å². The Kier molecular flexibility index (Phi) is 4.15. The molecule has 24 heavy (non-hydrogen) atoms. The van der Waals surface area contributed by atoms with Crippen molar-refractivity contribution in [2.24, 2.45) is 0 Å². The molecular formula is C17H13N3O3S. The predicted octanol–water partition coefficient (Wildman–Crippen LogP) is 2.60. The summed E-state index contributed by atoms with van der Waals surface area (Å²) in [5.74, 6) is -0.713. The molecule has 0 spiro atoms. The first kappa shape index (κ1) is 15.9. The SMILES string of the molecule is Cc1sc2ncc(C(=O)OCc3ccc(C#N)cc3)c(=O)n2c1C. The van der Waals surface area contributed by atoms with E-state index in [1.54, 1.807) is 24.3 Å². The third-order valence-corrected chi connectivity index (χ3v) is 4.76. The van der Waals surface area contributed by atoms with Gasteiger partial charge < -0.3 is 4.74 Å². The van der Waals surface area contributed by atoms with E-state index in [1.165, 1.54) is 21.9 Å². The molecule has 0 fully saturated rings. The number of ether oxygens (including phenoxy) is 1. The van der Waals surface area contributed by atoms with Gasteiger partial charge in [0.15, 0.2) is 4.96 Å². The van der Waals surface area contributed by atoms with Gasteiger partial charge in [-0.3, -0.25) is 9.20 Å². The van der Waals surface area contributed by atoms with Crippen molar-refractivity contribution in [3.8, 4) is 6.07 Å². The summed E-state index contributed by atoms with van der Waals surface area (Å²) >= 11 is 1.40. The molecule has 3 rings (SSSR count). The van der Waals surface area contributed by atoms with Gasteiger partial charge in [0.1, 0.15) is 12.2 Å². The molecule has 0 aliphatic rings. The van der Waals surface area contributed by atoms with Gasteiger partial charge in [-0.15, -0.1) is 11.3 Å². The standard InChI is InChI=1S/C17H13N3O3S/c1-10-11(2)24-17-19-8-14(15(21)20(10)17)16(22)23-9-13-5-3-12(7-18)4-6-13/h3-6,8H,9H2,1-2H3. The van der Waals surface area contributed by atoms with Crippen molar-refractivity contribution >= 4 is 22.3 Å². The minimum Gasteiger partial charge on any atom is -0.457 e. The van der Waals surface area contributed by atoms with Gasteiger partial charge >= 0.3 is 5.97 Å². The number of nitrogens with zero attached hydrogens (tertiary/aromatic N) is 3. The van der Waals surface area contributed by atoms with Gasteiger partial charge in [0.05, 0.1) is 17.8 Å². The summed E-state index contributed by atoms with van der Waals surface area (Å²) in [7, 11) is 0. The number of hydrogen-bond acceptors (Lipinski definition) is 6. The third kappa shape index (κ3) is 2.79. The Labute approximate surface area is 141 Å². The van der Waals surface area contributed by atoms with E-state index >= 15 is 0 Å². The number of nitriles is 1. The molecule has 0 radical (unpaired) electrons. The maximum absolute atomic E-state index is 12.5. The van der Waals surface area contributed by atoms with Crippen molar-refractivity contribution < 1.29 is 9.53 Å². The molecule has 0 amide bonds. The van der Waals surface area contributed by atoms with E-state index in [4.69, 9.17) is 10.00 Å². The molecule has 6 nitrogen and oxygen atoms in total. The number of rotatable bonds is 3. The average Bonchev–Trinajstić information content (AvgIpc) is 2.88. The average molecular weight is 339 g/mol. The summed E-state index contributed by atoms with van der Waals surface area (Å²) < 4.78 is 6.62. The minimum absolute atomic E-state index is 0.0222. The Bertz CT molecular complexity index is 1030. The number of thiazole rings is 1. The van der Waals surface area contributed by atoms with E-state index in [-0.39, 0.29) is 12.2 Å². The van der Waals surface area contributed by atoms with Gasteiger partial charge in [-0.2, -0.15) is 5.26 Å². The van der Waals surface area contributed by atoms with Crippen LogP contribution in [0.1, 0.15) is 32.1 Å². The van der Waals surface area contributed by atoms with Crippen LogP contribution in [0.15, 0.2) is 35.3 Å².